The number of aliphatic hydroxyl groups is 1. The first-order chi connectivity index (χ1) is 13.2. The van der Waals surface area contributed by atoms with Crippen LogP contribution in [0, 0.1) is 0 Å². The molecule has 138 valence electrons. The Labute approximate surface area is 157 Å². The quantitative estimate of drug-likeness (QED) is 0.637. The van der Waals surface area contributed by atoms with E-state index < -0.39 is 5.97 Å². The number of aliphatic hydroxyl groups excluding tert-OH is 1. The second-order valence-electron chi connectivity index (χ2n) is 5.98. The molecule has 6 nitrogen and oxygen atoms in total. The Morgan fingerprint density at radius 2 is 1.74 bits per heavy atom. The predicted octanol–water partition coefficient (Wildman–Crippen LogP) is 3.23. The van der Waals surface area contributed by atoms with Crippen LogP contribution in [0.4, 0.5) is 0 Å². The molecule has 1 heterocycles. The van der Waals surface area contributed by atoms with Gasteiger partial charge in [0.25, 0.3) is 0 Å². The van der Waals surface area contributed by atoms with Gasteiger partial charge in [0.05, 0.1) is 12.3 Å². The van der Waals surface area contributed by atoms with Crippen LogP contribution >= 0.6 is 0 Å². The molecule has 0 aliphatic rings. The average Bonchev–Trinajstić information content (AvgIpc) is 2.71. The number of para-hydroxylation sites is 1. The van der Waals surface area contributed by atoms with E-state index in [4.69, 9.17) is 9.84 Å². The Morgan fingerprint density at radius 3 is 2.52 bits per heavy atom. The number of carboxylic acid groups (broad SMARTS) is 1. The van der Waals surface area contributed by atoms with Crippen molar-refractivity contribution in [3.05, 3.63) is 77.6 Å². The van der Waals surface area contributed by atoms with E-state index in [-0.39, 0.29) is 19.6 Å². The third kappa shape index (κ3) is 4.89. The van der Waals surface area contributed by atoms with Crippen molar-refractivity contribution in [3.63, 3.8) is 0 Å². The average molecular weight is 364 g/mol. The van der Waals surface area contributed by atoms with Crippen LogP contribution in [0.15, 0.2) is 60.8 Å². The number of rotatable bonds is 8. The second-order valence-corrected chi connectivity index (χ2v) is 5.98. The number of aryl methyl sites for hydroxylation is 1. The SMILES string of the molecule is O=C(O)CCc1ccccc1OCc1ccnc(-c2ccccc2CO)n1. The number of carboxylic acids is 1. The molecular weight excluding hydrogens is 344 g/mol. The minimum Gasteiger partial charge on any atom is -0.487 e. The highest BCUT2D eigenvalue weighted by atomic mass is 16.5. The lowest BCUT2D eigenvalue weighted by Crippen LogP contribution is -2.04. The van der Waals surface area contributed by atoms with Crippen molar-refractivity contribution in [1.82, 2.24) is 9.97 Å². The van der Waals surface area contributed by atoms with Gasteiger partial charge in [-0.3, -0.25) is 4.79 Å². The molecule has 0 spiro atoms. The van der Waals surface area contributed by atoms with E-state index in [0.717, 1.165) is 16.7 Å². The Hall–Kier alpha value is -3.25. The van der Waals surface area contributed by atoms with Gasteiger partial charge in [-0.15, -0.1) is 0 Å². The molecule has 3 rings (SSSR count). The zero-order valence-electron chi connectivity index (χ0n) is 14.7. The number of hydrogen-bond donors (Lipinski definition) is 2. The first-order valence-corrected chi connectivity index (χ1v) is 8.61. The maximum absolute atomic E-state index is 10.8. The van der Waals surface area contributed by atoms with Crippen molar-refractivity contribution < 1.29 is 19.7 Å². The monoisotopic (exact) mass is 364 g/mol. The molecule has 0 saturated carbocycles. The molecule has 2 aromatic carbocycles. The van der Waals surface area contributed by atoms with Gasteiger partial charge in [-0.2, -0.15) is 0 Å². The Bertz CT molecular complexity index is 927. The molecule has 1 aromatic heterocycles. The van der Waals surface area contributed by atoms with E-state index >= 15 is 0 Å². The summed E-state index contributed by atoms with van der Waals surface area (Å²) in [6, 6.07) is 16.6. The third-order valence-electron chi connectivity index (χ3n) is 4.10. The molecular formula is C21H20N2O4. The van der Waals surface area contributed by atoms with Crippen molar-refractivity contribution in [3.8, 4) is 17.1 Å². The number of nitrogens with zero attached hydrogens (tertiary/aromatic N) is 2. The topological polar surface area (TPSA) is 92.5 Å². The number of ether oxygens (including phenoxy) is 1. The first-order valence-electron chi connectivity index (χ1n) is 8.61. The van der Waals surface area contributed by atoms with Gasteiger partial charge < -0.3 is 14.9 Å². The number of hydrogen-bond acceptors (Lipinski definition) is 5. The van der Waals surface area contributed by atoms with E-state index in [9.17, 15) is 9.90 Å². The molecule has 0 aliphatic heterocycles. The minimum absolute atomic E-state index is 0.0516. The highest BCUT2D eigenvalue weighted by Gasteiger charge is 2.09. The molecule has 0 amide bonds. The van der Waals surface area contributed by atoms with Crippen molar-refractivity contribution in [2.75, 3.05) is 0 Å². The van der Waals surface area contributed by atoms with E-state index in [1.807, 2.05) is 48.5 Å². The smallest absolute Gasteiger partial charge is 0.303 e. The van der Waals surface area contributed by atoms with Gasteiger partial charge in [0.2, 0.25) is 0 Å². The van der Waals surface area contributed by atoms with Crippen LogP contribution in [0.5, 0.6) is 5.75 Å². The summed E-state index contributed by atoms with van der Waals surface area (Å²) in [6.07, 6.45) is 2.12. The van der Waals surface area contributed by atoms with Crippen molar-refractivity contribution in [2.24, 2.45) is 0 Å². The number of carbonyl (C=O) groups is 1. The Balaban J connectivity index is 1.75. The molecule has 0 aliphatic carbocycles. The van der Waals surface area contributed by atoms with Crippen molar-refractivity contribution in [2.45, 2.75) is 26.1 Å². The molecule has 2 N–H and O–H groups in total. The molecule has 0 saturated heterocycles. The summed E-state index contributed by atoms with van der Waals surface area (Å²) in [5.41, 5.74) is 3.08. The number of aromatic nitrogens is 2. The molecule has 0 radical (unpaired) electrons. The standard InChI is InChI=1S/C21H20N2O4/c24-13-16-6-1-3-7-18(16)21-22-12-11-17(23-21)14-27-19-8-4-2-5-15(19)9-10-20(25)26/h1-8,11-12,24H,9-10,13-14H2,(H,25,26). The van der Waals surface area contributed by atoms with Crippen LogP contribution in [0.2, 0.25) is 0 Å². The van der Waals surface area contributed by atoms with Gasteiger partial charge in [-0.05, 0) is 29.7 Å². The summed E-state index contributed by atoms with van der Waals surface area (Å²) in [5.74, 6) is 0.336. The summed E-state index contributed by atoms with van der Waals surface area (Å²) in [6.45, 7) is 0.151. The molecule has 0 fully saturated rings. The van der Waals surface area contributed by atoms with Crippen LogP contribution in [-0.4, -0.2) is 26.2 Å². The Morgan fingerprint density at radius 1 is 1.00 bits per heavy atom. The largest absolute Gasteiger partial charge is 0.487 e. The zero-order valence-corrected chi connectivity index (χ0v) is 14.7. The van der Waals surface area contributed by atoms with Crippen LogP contribution in [-0.2, 0) is 24.4 Å². The summed E-state index contributed by atoms with van der Waals surface area (Å²) in [5, 5.41) is 18.4. The van der Waals surface area contributed by atoms with E-state index in [2.05, 4.69) is 9.97 Å². The highest BCUT2D eigenvalue weighted by molar-refractivity contribution is 5.67. The number of benzene rings is 2. The molecule has 27 heavy (non-hydrogen) atoms. The van der Waals surface area contributed by atoms with Crippen molar-refractivity contribution in [1.29, 1.82) is 0 Å². The lowest BCUT2D eigenvalue weighted by Gasteiger charge is -2.11. The molecule has 0 bridgehead atoms. The van der Waals surface area contributed by atoms with E-state index in [1.165, 1.54) is 0 Å². The summed E-state index contributed by atoms with van der Waals surface area (Å²) in [7, 11) is 0. The summed E-state index contributed by atoms with van der Waals surface area (Å²) in [4.78, 5) is 19.6. The van der Waals surface area contributed by atoms with E-state index in [1.54, 1.807) is 12.3 Å². The van der Waals surface area contributed by atoms with Crippen molar-refractivity contribution >= 4 is 5.97 Å². The zero-order chi connectivity index (χ0) is 19.1. The number of aliphatic carboxylic acids is 1. The highest BCUT2D eigenvalue weighted by Crippen LogP contribution is 2.22. The van der Waals surface area contributed by atoms with Gasteiger partial charge in [0.15, 0.2) is 5.82 Å². The van der Waals surface area contributed by atoms with Crippen LogP contribution < -0.4 is 4.74 Å². The van der Waals surface area contributed by atoms with Gasteiger partial charge in [-0.25, -0.2) is 9.97 Å². The maximum atomic E-state index is 10.8. The third-order valence-corrected chi connectivity index (χ3v) is 4.10. The van der Waals surface area contributed by atoms with Crippen LogP contribution in [0.3, 0.4) is 0 Å². The Kier molecular flexibility index (Phi) is 6.12. The predicted molar refractivity (Wildman–Crippen MR) is 100 cm³/mol. The lowest BCUT2D eigenvalue weighted by molar-refractivity contribution is -0.136. The van der Waals surface area contributed by atoms with Gasteiger partial charge in [0.1, 0.15) is 12.4 Å². The molecule has 0 unspecified atom stereocenters. The van der Waals surface area contributed by atoms with E-state index in [0.29, 0.717) is 23.7 Å². The van der Waals surface area contributed by atoms with Crippen LogP contribution in [0.1, 0.15) is 23.2 Å². The summed E-state index contributed by atoms with van der Waals surface area (Å²) < 4.78 is 5.87. The molecule has 0 atom stereocenters. The van der Waals surface area contributed by atoms with Gasteiger partial charge >= 0.3 is 5.97 Å². The summed E-state index contributed by atoms with van der Waals surface area (Å²) >= 11 is 0. The fourth-order valence-electron chi connectivity index (χ4n) is 2.73. The lowest BCUT2D eigenvalue weighted by atomic mass is 10.1. The molecule has 6 heteroatoms. The minimum atomic E-state index is -0.840. The fourth-order valence-corrected chi connectivity index (χ4v) is 2.73. The maximum Gasteiger partial charge on any atom is 0.303 e. The second kappa shape index (κ2) is 8.91. The van der Waals surface area contributed by atoms with Gasteiger partial charge in [-0.1, -0.05) is 42.5 Å². The fraction of sp³-hybridized carbons (Fsp3) is 0.190. The van der Waals surface area contributed by atoms with Gasteiger partial charge in [0, 0.05) is 18.2 Å². The normalized spacial score (nSPS) is 10.6. The van der Waals surface area contributed by atoms with Crippen LogP contribution in [0.25, 0.3) is 11.4 Å². The first kappa shape index (κ1) is 18.5. The molecule has 3 aromatic rings.